The lowest BCUT2D eigenvalue weighted by Gasteiger charge is -2.16. The van der Waals surface area contributed by atoms with Gasteiger partial charge in [0.1, 0.15) is 5.69 Å². The second kappa shape index (κ2) is 7.80. The molecule has 0 spiro atoms. The zero-order chi connectivity index (χ0) is 16.0. The summed E-state index contributed by atoms with van der Waals surface area (Å²) < 4.78 is 4.98. The van der Waals surface area contributed by atoms with E-state index in [0.717, 1.165) is 6.54 Å². The molecule has 1 aromatic rings. The number of aromatic carboxylic acids is 1. The minimum absolute atomic E-state index is 0.0647. The van der Waals surface area contributed by atoms with Crippen LogP contribution in [0, 0.1) is 13.8 Å². The molecule has 0 unspecified atom stereocenters. The molecule has 0 saturated carbocycles. The van der Waals surface area contributed by atoms with E-state index >= 15 is 0 Å². The molecule has 0 fully saturated rings. The minimum atomic E-state index is -1.06. The molecule has 0 radical (unpaired) electrons. The van der Waals surface area contributed by atoms with E-state index < -0.39 is 5.97 Å². The molecule has 0 bridgehead atoms. The number of aromatic amines is 1. The fourth-order valence-electron chi connectivity index (χ4n) is 2.11. The van der Waals surface area contributed by atoms with Crippen LogP contribution < -0.4 is 5.32 Å². The molecule has 7 heteroatoms. The Kier molecular flexibility index (Phi) is 6.39. The summed E-state index contributed by atoms with van der Waals surface area (Å²) in [5.74, 6) is -1.32. The number of carbonyl (C=O) groups is 2. The molecule has 0 aliphatic heterocycles. The van der Waals surface area contributed by atoms with Crippen molar-refractivity contribution in [1.29, 1.82) is 0 Å². The van der Waals surface area contributed by atoms with E-state index in [1.807, 2.05) is 11.9 Å². The Morgan fingerprint density at radius 1 is 1.33 bits per heavy atom. The fraction of sp³-hybridized carbons (Fsp3) is 0.571. The number of carboxylic acid groups (broad SMARTS) is 1. The summed E-state index contributed by atoms with van der Waals surface area (Å²) >= 11 is 0. The molecule has 7 nitrogen and oxygen atoms in total. The number of hydrogen-bond acceptors (Lipinski definition) is 4. The first-order valence-corrected chi connectivity index (χ1v) is 6.76. The first-order valence-electron chi connectivity index (χ1n) is 6.76. The molecular weight excluding hydrogens is 274 g/mol. The lowest BCUT2D eigenvalue weighted by Crippen LogP contribution is -2.34. The van der Waals surface area contributed by atoms with Crippen LogP contribution in [0.5, 0.6) is 0 Å². The van der Waals surface area contributed by atoms with Crippen molar-refractivity contribution in [2.24, 2.45) is 0 Å². The van der Waals surface area contributed by atoms with Gasteiger partial charge in [-0.25, -0.2) is 4.79 Å². The van der Waals surface area contributed by atoms with E-state index in [9.17, 15) is 9.59 Å². The highest BCUT2D eigenvalue weighted by molar-refractivity contribution is 6.00. The summed E-state index contributed by atoms with van der Waals surface area (Å²) in [5, 5.41) is 11.8. The topological polar surface area (TPSA) is 94.7 Å². The van der Waals surface area contributed by atoms with Crippen LogP contribution in [0.15, 0.2) is 0 Å². The van der Waals surface area contributed by atoms with Crippen molar-refractivity contribution < 1.29 is 19.4 Å². The van der Waals surface area contributed by atoms with Crippen LogP contribution in [0.4, 0.5) is 0 Å². The van der Waals surface area contributed by atoms with Gasteiger partial charge in [-0.3, -0.25) is 4.79 Å². The van der Waals surface area contributed by atoms with Gasteiger partial charge in [-0.15, -0.1) is 0 Å². The predicted octanol–water partition coefficient (Wildman–Crippen LogP) is 0.638. The van der Waals surface area contributed by atoms with E-state index in [0.29, 0.717) is 36.5 Å². The van der Waals surface area contributed by atoms with Gasteiger partial charge in [0.05, 0.1) is 12.2 Å². The van der Waals surface area contributed by atoms with Crippen LogP contribution >= 0.6 is 0 Å². The standard InChI is InChI=1S/C14H23N3O4/c1-9-11(10(2)16-12(9)14(19)20)13(18)15-5-6-17(3)7-8-21-4/h16H,5-8H2,1-4H3,(H,15,18)(H,19,20). The number of H-pyrrole nitrogens is 1. The van der Waals surface area contributed by atoms with Crippen LogP contribution in [0.25, 0.3) is 0 Å². The van der Waals surface area contributed by atoms with Crippen LogP contribution in [0.3, 0.4) is 0 Å². The number of methoxy groups -OCH3 is 1. The van der Waals surface area contributed by atoms with Gasteiger partial charge in [0.25, 0.3) is 5.91 Å². The number of nitrogens with one attached hydrogen (secondary N) is 2. The highest BCUT2D eigenvalue weighted by Gasteiger charge is 2.21. The number of aromatic nitrogens is 1. The van der Waals surface area contributed by atoms with Gasteiger partial charge in [0, 0.05) is 32.4 Å². The molecular formula is C14H23N3O4. The summed E-state index contributed by atoms with van der Waals surface area (Å²) in [6.07, 6.45) is 0. The third kappa shape index (κ3) is 4.57. The summed E-state index contributed by atoms with van der Waals surface area (Å²) in [5.41, 5.74) is 1.50. The average molecular weight is 297 g/mol. The molecule has 0 aliphatic carbocycles. The Morgan fingerprint density at radius 3 is 2.52 bits per heavy atom. The smallest absolute Gasteiger partial charge is 0.352 e. The minimum Gasteiger partial charge on any atom is -0.477 e. The van der Waals surface area contributed by atoms with Crippen molar-refractivity contribution in [3.8, 4) is 0 Å². The summed E-state index contributed by atoms with van der Waals surface area (Å²) in [4.78, 5) is 28.0. The average Bonchev–Trinajstić information content (AvgIpc) is 2.71. The van der Waals surface area contributed by atoms with Crippen molar-refractivity contribution in [1.82, 2.24) is 15.2 Å². The number of nitrogens with zero attached hydrogens (tertiary/aromatic N) is 1. The third-order valence-electron chi connectivity index (χ3n) is 3.33. The number of ether oxygens (including phenoxy) is 1. The van der Waals surface area contributed by atoms with E-state index in [2.05, 4.69) is 10.3 Å². The Hall–Kier alpha value is -1.86. The maximum atomic E-state index is 12.2. The number of amides is 1. The van der Waals surface area contributed by atoms with Gasteiger partial charge < -0.3 is 25.0 Å². The van der Waals surface area contributed by atoms with Gasteiger partial charge >= 0.3 is 5.97 Å². The van der Waals surface area contributed by atoms with Crippen LogP contribution in [0.2, 0.25) is 0 Å². The lowest BCUT2D eigenvalue weighted by atomic mass is 10.1. The van der Waals surface area contributed by atoms with Crippen molar-refractivity contribution in [2.45, 2.75) is 13.8 Å². The number of likely N-dealkylation sites (N-methyl/N-ethyl adjacent to an activating group) is 1. The largest absolute Gasteiger partial charge is 0.477 e. The molecule has 1 aromatic heterocycles. The molecule has 0 aromatic carbocycles. The molecule has 0 aliphatic rings. The van der Waals surface area contributed by atoms with E-state index in [4.69, 9.17) is 9.84 Å². The van der Waals surface area contributed by atoms with E-state index in [1.54, 1.807) is 21.0 Å². The molecule has 21 heavy (non-hydrogen) atoms. The zero-order valence-corrected chi connectivity index (χ0v) is 12.9. The van der Waals surface area contributed by atoms with Gasteiger partial charge in [-0.1, -0.05) is 0 Å². The Bertz CT molecular complexity index is 511. The van der Waals surface area contributed by atoms with Crippen molar-refractivity contribution in [3.05, 3.63) is 22.5 Å². The highest BCUT2D eigenvalue weighted by atomic mass is 16.5. The lowest BCUT2D eigenvalue weighted by molar-refractivity contribution is 0.0690. The number of carbonyl (C=O) groups excluding carboxylic acids is 1. The first-order chi connectivity index (χ1) is 9.88. The summed E-state index contributed by atoms with van der Waals surface area (Å²) in [7, 11) is 3.59. The first kappa shape index (κ1) is 17.2. The Balaban J connectivity index is 2.59. The molecule has 1 amide bonds. The van der Waals surface area contributed by atoms with Crippen LogP contribution in [-0.2, 0) is 4.74 Å². The molecule has 0 saturated heterocycles. The van der Waals surface area contributed by atoms with Crippen LogP contribution in [-0.4, -0.2) is 67.3 Å². The SMILES string of the molecule is COCCN(C)CCNC(=O)c1c(C)[nH]c(C(=O)O)c1C. The number of carboxylic acids is 1. The van der Waals surface area contributed by atoms with Gasteiger partial charge in [-0.2, -0.15) is 0 Å². The molecule has 1 heterocycles. The monoisotopic (exact) mass is 297 g/mol. The number of hydrogen-bond donors (Lipinski definition) is 3. The van der Waals surface area contributed by atoms with Gasteiger partial charge in [-0.05, 0) is 26.5 Å². The fourth-order valence-corrected chi connectivity index (χ4v) is 2.11. The van der Waals surface area contributed by atoms with Crippen molar-refractivity contribution in [3.63, 3.8) is 0 Å². The quantitative estimate of drug-likeness (QED) is 0.654. The normalized spacial score (nSPS) is 10.9. The second-order valence-corrected chi connectivity index (χ2v) is 4.98. The molecule has 0 atom stereocenters. The van der Waals surface area contributed by atoms with Crippen molar-refractivity contribution >= 4 is 11.9 Å². The Labute approximate surface area is 124 Å². The maximum absolute atomic E-state index is 12.2. The van der Waals surface area contributed by atoms with Gasteiger partial charge in [0.2, 0.25) is 0 Å². The molecule has 1 rings (SSSR count). The maximum Gasteiger partial charge on any atom is 0.352 e. The number of aryl methyl sites for hydroxylation is 1. The van der Waals surface area contributed by atoms with Crippen molar-refractivity contribution in [2.75, 3.05) is 40.4 Å². The molecule has 118 valence electrons. The summed E-state index contributed by atoms with van der Waals surface area (Å²) in [6.45, 7) is 5.95. The second-order valence-electron chi connectivity index (χ2n) is 4.98. The van der Waals surface area contributed by atoms with Gasteiger partial charge in [0.15, 0.2) is 0 Å². The third-order valence-corrected chi connectivity index (χ3v) is 3.33. The highest BCUT2D eigenvalue weighted by Crippen LogP contribution is 2.17. The summed E-state index contributed by atoms with van der Waals surface area (Å²) in [6, 6.07) is 0. The van der Waals surface area contributed by atoms with E-state index in [1.165, 1.54) is 0 Å². The van der Waals surface area contributed by atoms with E-state index in [-0.39, 0.29) is 11.6 Å². The predicted molar refractivity (Wildman–Crippen MR) is 78.9 cm³/mol. The number of rotatable bonds is 8. The van der Waals surface area contributed by atoms with Crippen LogP contribution in [0.1, 0.15) is 32.1 Å². The Morgan fingerprint density at radius 2 is 2.00 bits per heavy atom. The zero-order valence-electron chi connectivity index (χ0n) is 12.9. The molecule has 3 N–H and O–H groups in total.